The van der Waals surface area contributed by atoms with Crippen molar-refractivity contribution in [1.82, 2.24) is 0 Å². The first-order valence-corrected chi connectivity index (χ1v) is 2.34. The van der Waals surface area contributed by atoms with Crippen LogP contribution in [0.1, 0.15) is 6.42 Å². The highest BCUT2D eigenvalue weighted by Gasteiger charge is 2.18. The van der Waals surface area contributed by atoms with E-state index in [1.807, 2.05) is 0 Å². The summed E-state index contributed by atoms with van der Waals surface area (Å²) >= 11 is 0. The molecular formula is C4H9NO2. The molecule has 0 aromatic carbocycles. The molecule has 2 unspecified atom stereocenters. The van der Waals surface area contributed by atoms with Crippen molar-refractivity contribution in [2.45, 2.75) is 18.8 Å². The third kappa shape index (κ3) is 1.12. The van der Waals surface area contributed by atoms with Gasteiger partial charge in [-0.25, -0.2) is 0 Å². The smallest absolute Gasteiger partial charge is 0.108 e. The van der Waals surface area contributed by atoms with Crippen LogP contribution in [0.25, 0.3) is 0 Å². The Morgan fingerprint density at radius 3 is 2.57 bits per heavy atom. The molecule has 1 aliphatic rings. The topological polar surface area (TPSA) is 55.5 Å². The SMILES string of the molecule is NC1CC(O)CO1. The average molecular weight is 103 g/mol. The minimum Gasteiger partial charge on any atom is -0.391 e. The Labute approximate surface area is 42.1 Å². The van der Waals surface area contributed by atoms with Crippen molar-refractivity contribution in [3.63, 3.8) is 0 Å². The van der Waals surface area contributed by atoms with Gasteiger partial charge in [0.05, 0.1) is 12.7 Å². The molecule has 7 heavy (non-hydrogen) atoms. The van der Waals surface area contributed by atoms with E-state index in [-0.39, 0.29) is 12.3 Å². The van der Waals surface area contributed by atoms with Gasteiger partial charge < -0.3 is 15.6 Å². The van der Waals surface area contributed by atoms with Crippen LogP contribution < -0.4 is 5.73 Å². The quantitative estimate of drug-likeness (QED) is 0.415. The zero-order valence-electron chi connectivity index (χ0n) is 4.00. The Bertz CT molecular complexity index is 58.7. The van der Waals surface area contributed by atoms with Gasteiger partial charge in [-0.15, -0.1) is 0 Å². The van der Waals surface area contributed by atoms with E-state index in [2.05, 4.69) is 0 Å². The zero-order chi connectivity index (χ0) is 5.28. The lowest BCUT2D eigenvalue weighted by Gasteiger charge is -1.95. The standard InChI is InChI=1S/C4H9NO2/c5-4-1-3(6)2-7-4/h3-4,6H,1-2,5H2. The number of ether oxygens (including phenoxy) is 1. The van der Waals surface area contributed by atoms with Gasteiger partial charge in [0, 0.05) is 6.42 Å². The lowest BCUT2D eigenvalue weighted by atomic mass is 10.3. The fourth-order valence-electron chi connectivity index (χ4n) is 0.639. The molecule has 1 heterocycles. The first-order chi connectivity index (χ1) is 3.29. The van der Waals surface area contributed by atoms with Gasteiger partial charge in [-0.2, -0.15) is 0 Å². The summed E-state index contributed by atoms with van der Waals surface area (Å²) in [6.45, 7) is 0.404. The van der Waals surface area contributed by atoms with E-state index in [1.54, 1.807) is 0 Å². The van der Waals surface area contributed by atoms with Crippen LogP contribution >= 0.6 is 0 Å². The molecular weight excluding hydrogens is 94.0 g/mol. The highest BCUT2D eigenvalue weighted by molar-refractivity contribution is 4.65. The highest BCUT2D eigenvalue weighted by Crippen LogP contribution is 2.06. The van der Waals surface area contributed by atoms with Gasteiger partial charge in [-0.05, 0) is 0 Å². The van der Waals surface area contributed by atoms with Crippen LogP contribution in [0, 0.1) is 0 Å². The summed E-state index contributed by atoms with van der Waals surface area (Å²) in [7, 11) is 0. The Hall–Kier alpha value is -0.120. The van der Waals surface area contributed by atoms with Crippen LogP contribution in [0.2, 0.25) is 0 Å². The Kier molecular flexibility index (Phi) is 1.27. The fraction of sp³-hybridized carbons (Fsp3) is 1.00. The van der Waals surface area contributed by atoms with Crippen molar-refractivity contribution >= 4 is 0 Å². The number of nitrogens with two attached hydrogens (primary N) is 1. The molecule has 1 fully saturated rings. The van der Waals surface area contributed by atoms with Crippen molar-refractivity contribution in [3.05, 3.63) is 0 Å². The van der Waals surface area contributed by atoms with E-state index >= 15 is 0 Å². The van der Waals surface area contributed by atoms with E-state index in [9.17, 15) is 0 Å². The zero-order valence-corrected chi connectivity index (χ0v) is 4.00. The summed E-state index contributed by atoms with van der Waals surface area (Å²) in [4.78, 5) is 0. The van der Waals surface area contributed by atoms with Crippen molar-refractivity contribution in [2.75, 3.05) is 6.61 Å². The van der Waals surface area contributed by atoms with Crippen molar-refractivity contribution in [2.24, 2.45) is 5.73 Å². The monoisotopic (exact) mass is 103 g/mol. The Morgan fingerprint density at radius 1 is 1.71 bits per heavy atom. The molecule has 3 heteroatoms. The van der Waals surface area contributed by atoms with Crippen molar-refractivity contribution in [1.29, 1.82) is 0 Å². The van der Waals surface area contributed by atoms with Crippen LogP contribution in [0.5, 0.6) is 0 Å². The molecule has 0 aromatic heterocycles. The predicted molar refractivity (Wildman–Crippen MR) is 24.6 cm³/mol. The fourth-order valence-corrected chi connectivity index (χ4v) is 0.639. The number of hydrogen-bond donors (Lipinski definition) is 2. The number of hydrogen-bond acceptors (Lipinski definition) is 3. The van der Waals surface area contributed by atoms with Crippen molar-refractivity contribution in [3.8, 4) is 0 Å². The molecule has 0 radical (unpaired) electrons. The molecule has 0 spiro atoms. The maximum Gasteiger partial charge on any atom is 0.108 e. The molecule has 3 N–H and O–H groups in total. The highest BCUT2D eigenvalue weighted by atomic mass is 16.5. The lowest BCUT2D eigenvalue weighted by molar-refractivity contribution is 0.0919. The second-order valence-electron chi connectivity index (χ2n) is 1.76. The van der Waals surface area contributed by atoms with E-state index in [1.165, 1.54) is 0 Å². The minimum atomic E-state index is -0.324. The van der Waals surface area contributed by atoms with Gasteiger partial charge in [0.25, 0.3) is 0 Å². The molecule has 1 aliphatic heterocycles. The molecule has 1 rings (SSSR count). The molecule has 0 bridgehead atoms. The summed E-state index contributed by atoms with van der Waals surface area (Å²) in [5.74, 6) is 0. The van der Waals surface area contributed by atoms with Gasteiger partial charge in [-0.1, -0.05) is 0 Å². The molecule has 42 valence electrons. The summed E-state index contributed by atoms with van der Waals surface area (Å²) in [6, 6.07) is 0. The van der Waals surface area contributed by atoms with Gasteiger partial charge >= 0.3 is 0 Å². The molecule has 3 nitrogen and oxygen atoms in total. The normalized spacial score (nSPS) is 42.0. The Morgan fingerprint density at radius 2 is 2.43 bits per heavy atom. The minimum absolute atomic E-state index is 0.227. The molecule has 0 aliphatic carbocycles. The molecule has 0 saturated carbocycles. The third-order valence-corrected chi connectivity index (χ3v) is 1.01. The first-order valence-electron chi connectivity index (χ1n) is 2.34. The number of aliphatic hydroxyl groups excluding tert-OH is 1. The van der Waals surface area contributed by atoms with E-state index < -0.39 is 0 Å². The molecule has 1 saturated heterocycles. The number of aliphatic hydroxyl groups is 1. The van der Waals surface area contributed by atoms with Crippen LogP contribution in [0.4, 0.5) is 0 Å². The summed E-state index contributed by atoms with van der Waals surface area (Å²) in [5.41, 5.74) is 5.24. The lowest BCUT2D eigenvalue weighted by Crippen LogP contribution is -2.17. The number of rotatable bonds is 0. The molecule has 2 atom stereocenters. The van der Waals surface area contributed by atoms with Gasteiger partial charge in [0.1, 0.15) is 6.23 Å². The summed E-state index contributed by atoms with van der Waals surface area (Å²) < 4.78 is 4.79. The summed E-state index contributed by atoms with van der Waals surface area (Å²) in [5, 5.41) is 8.69. The third-order valence-electron chi connectivity index (χ3n) is 1.01. The van der Waals surface area contributed by atoms with E-state index in [4.69, 9.17) is 15.6 Å². The predicted octanol–water partition coefficient (Wildman–Crippen LogP) is -0.948. The van der Waals surface area contributed by atoms with Gasteiger partial charge in [0.15, 0.2) is 0 Å². The van der Waals surface area contributed by atoms with E-state index in [0.717, 1.165) is 0 Å². The van der Waals surface area contributed by atoms with Crippen LogP contribution in [-0.4, -0.2) is 24.0 Å². The maximum absolute atomic E-state index is 8.69. The van der Waals surface area contributed by atoms with Gasteiger partial charge in [-0.3, -0.25) is 0 Å². The maximum atomic E-state index is 8.69. The average Bonchev–Trinajstić information content (AvgIpc) is 1.87. The second kappa shape index (κ2) is 1.78. The van der Waals surface area contributed by atoms with Crippen LogP contribution in [0.3, 0.4) is 0 Å². The van der Waals surface area contributed by atoms with Gasteiger partial charge in [0.2, 0.25) is 0 Å². The van der Waals surface area contributed by atoms with Crippen LogP contribution in [-0.2, 0) is 4.74 Å². The molecule has 0 amide bonds. The second-order valence-corrected chi connectivity index (χ2v) is 1.76. The largest absolute Gasteiger partial charge is 0.391 e. The first kappa shape index (κ1) is 5.03. The summed E-state index contributed by atoms with van der Waals surface area (Å²) in [6.07, 6.45) is 0.0324. The van der Waals surface area contributed by atoms with E-state index in [0.29, 0.717) is 13.0 Å². The van der Waals surface area contributed by atoms with Crippen molar-refractivity contribution < 1.29 is 9.84 Å². The van der Waals surface area contributed by atoms with Crippen LogP contribution in [0.15, 0.2) is 0 Å². The molecule has 0 aromatic rings. The Balaban J connectivity index is 2.26.